The van der Waals surface area contributed by atoms with Crippen LogP contribution in [-0.2, 0) is 28.9 Å². The van der Waals surface area contributed by atoms with Gasteiger partial charge in [-0.15, -0.1) is 0 Å². The number of ether oxygens (including phenoxy) is 1. The molecule has 4 rings (SSSR count). The van der Waals surface area contributed by atoms with E-state index in [1.165, 1.54) is 6.20 Å². The summed E-state index contributed by atoms with van der Waals surface area (Å²) in [6.45, 7) is 1.04. The van der Waals surface area contributed by atoms with Gasteiger partial charge in [-0.2, -0.15) is 4.98 Å². The van der Waals surface area contributed by atoms with Gasteiger partial charge in [0, 0.05) is 37.2 Å². The molecule has 1 saturated heterocycles. The lowest BCUT2D eigenvalue weighted by Crippen LogP contribution is -2.33. The fourth-order valence-corrected chi connectivity index (χ4v) is 5.29. The molecule has 1 aliphatic rings. The minimum atomic E-state index is -3.74. The first-order chi connectivity index (χ1) is 17.4. The van der Waals surface area contributed by atoms with Crippen LogP contribution in [0.2, 0.25) is 5.02 Å². The second-order valence-corrected chi connectivity index (χ2v) is 10.5. The van der Waals surface area contributed by atoms with E-state index in [0.717, 1.165) is 24.9 Å². The number of methoxy groups -OCH3 is 1. The van der Waals surface area contributed by atoms with Gasteiger partial charge in [-0.25, -0.2) is 28.1 Å². The van der Waals surface area contributed by atoms with E-state index in [0.29, 0.717) is 40.5 Å². The van der Waals surface area contributed by atoms with Gasteiger partial charge in [0.05, 0.1) is 37.1 Å². The molecule has 1 atom stereocenters. The number of rotatable bonds is 11. The first-order valence-electron chi connectivity index (χ1n) is 11.4. The van der Waals surface area contributed by atoms with Crippen LogP contribution in [0.1, 0.15) is 29.8 Å². The summed E-state index contributed by atoms with van der Waals surface area (Å²) in [4.78, 5) is 19.1. The third kappa shape index (κ3) is 6.58. The van der Waals surface area contributed by atoms with Crippen LogP contribution in [0.15, 0.2) is 42.9 Å². The molecule has 0 saturated carbocycles. The fourth-order valence-electron chi connectivity index (χ4n) is 3.94. The molecular formula is C23H28ClN7O4S. The Kier molecular flexibility index (Phi) is 8.52. The number of aromatic nitrogens is 4. The van der Waals surface area contributed by atoms with Crippen LogP contribution in [0.25, 0.3) is 0 Å². The second-order valence-electron chi connectivity index (χ2n) is 8.28. The summed E-state index contributed by atoms with van der Waals surface area (Å²) in [5.74, 6) is 1.42. The van der Waals surface area contributed by atoms with Gasteiger partial charge in [-0.05, 0) is 36.6 Å². The Morgan fingerprint density at radius 3 is 2.75 bits per heavy atom. The number of anilines is 2. The molecule has 0 spiro atoms. The van der Waals surface area contributed by atoms with Gasteiger partial charge < -0.3 is 20.1 Å². The van der Waals surface area contributed by atoms with Gasteiger partial charge in [0.15, 0.2) is 0 Å². The van der Waals surface area contributed by atoms with Crippen molar-refractivity contribution in [2.45, 2.75) is 37.7 Å². The maximum Gasteiger partial charge on any atom is 0.227 e. The lowest BCUT2D eigenvalue weighted by atomic mass is 10.2. The van der Waals surface area contributed by atoms with Gasteiger partial charge in [-0.3, -0.25) is 0 Å². The Balaban J connectivity index is 1.56. The van der Waals surface area contributed by atoms with Gasteiger partial charge in [-0.1, -0.05) is 17.7 Å². The van der Waals surface area contributed by atoms with E-state index < -0.39 is 10.0 Å². The van der Waals surface area contributed by atoms with Gasteiger partial charge in [0.1, 0.15) is 17.4 Å². The van der Waals surface area contributed by atoms with Crippen LogP contribution in [0, 0.1) is 0 Å². The van der Waals surface area contributed by atoms with Crippen molar-refractivity contribution in [1.29, 1.82) is 0 Å². The number of hydrogen-bond acceptors (Lipinski definition) is 10. The van der Waals surface area contributed by atoms with Crippen LogP contribution in [0.5, 0.6) is 5.75 Å². The third-order valence-electron chi connectivity index (χ3n) is 5.79. The maximum atomic E-state index is 12.8. The van der Waals surface area contributed by atoms with Crippen LogP contribution >= 0.6 is 11.6 Å². The molecule has 0 radical (unpaired) electrons. The maximum absolute atomic E-state index is 12.8. The van der Waals surface area contributed by atoms with E-state index in [2.05, 4.69) is 30.0 Å². The zero-order chi connectivity index (χ0) is 25.5. The van der Waals surface area contributed by atoms with Crippen molar-refractivity contribution in [3.63, 3.8) is 0 Å². The topological polar surface area (TPSA) is 142 Å². The largest absolute Gasteiger partial charge is 0.495 e. The number of benzene rings is 1. The van der Waals surface area contributed by atoms with E-state index in [1.54, 1.807) is 37.7 Å². The molecule has 1 aliphatic heterocycles. The molecule has 0 amide bonds. The Hall–Kier alpha value is -3.06. The number of sulfonamides is 1. The van der Waals surface area contributed by atoms with Crippen LogP contribution in [0.4, 0.5) is 11.8 Å². The van der Waals surface area contributed by atoms with Crippen LogP contribution in [0.3, 0.4) is 0 Å². The minimum Gasteiger partial charge on any atom is -0.495 e. The third-order valence-corrected chi connectivity index (χ3v) is 7.36. The number of aliphatic hydroxyl groups is 1. The predicted molar refractivity (Wildman–Crippen MR) is 136 cm³/mol. The van der Waals surface area contributed by atoms with Crippen molar-refractivity contribution in [2.24, 2.45) is 0 Å². The minimum absolute atomic E-state index is 0.00191. The molecule has 3 heterocycles. The SMILES string of the molecule is COc1ccc(CNc2nc(N3CCCC3CO)ncc2CS(=O)(=O)NCc2ncccn2)cc1Cl. The highest BCUT2D eigenvalue weighted by Crippen LogP contribution is 2.27. The molecule has 0 aliphatic carbocycles. The highest BCUT2D eigenvalue weighted by molar-refractivity contribution is 7.88. The second kappa shape index (κ2) is 11.8. The monoisotopic (exact) mass is 533 g/mol. The molecule has 1 unspecified atom stereocenters. The first kappa shape index (κ1) is 26.0. The highest BCUT2D eigenvalue weighted by Gasteiger charge is 2.27. The summed E-state index contributed by atoms with van der Waals surface area (Å²) >= 11 is 6.25. The Bertz CT molecular complexity index is 1280. The van der Waals surface area contributed by atoms with E-state index in [-0.39, 0.29) is 24.9 Å². The molecule has 13 heteroatoms. The van der Waals surface area contributed by atoms with Gasteiger partial charge >= 0.3 is 0 Å². The Morgan fingerprint density at radius 1 is 1.22 bits per heavy atom. The van der Waals surface area contributed by atoms with E-state index in [9.17, 15) is 13.5 Å². The zero-order valence-corrected chi connectivity index (χ0v) is 21.3. The Morgan fingerprint density at radius 2 is 2.03 bits per heavy atom. The molecule has 3 N–H and O–H groups in total. The molecule has 1 aromatic carbocycles. The molecule has 11 nitrogen and oxygen atoms in total. The number of halogens is 1. The molecule has 3 aromatic rings. The van der Waals surface area contributed by atoms with Crippen LogP contribution in [-0.4, -0.2) is 59.8 Å². The molecule has 36 heavy (non-hydrogen) atoms. The van der Waals surface area contributed by atoms with E-state index in [1.807, 2.05) is 11.0 Å². The van der Waals surface area contributed by atoms with Crippen molar-refractivity contribution < 1.29 is 18.3 Å². The fraction of sp³-hybridized carbons (Fsp3) is 0.391. The van der Waals surface area contributed by atoms with Crippen molar-refractivity contribution in [3.05, 3.63) is 64.8 Å². The summed E-state index contributed by atoms with van der Waals surface area (Å²) in [6, 6.07) is 6.99. The number of nitrogens with zero attached hydrogens (tertiary/aromatic N) is 5. The highest BCUT2D eigenvalue weighted by atomic mass is 35.5. The smallest absolute Gasteiger partial charge is 0.227 e. The molecule has 192 valence electrons. The molecule has 2 aromatic heterocycles. The average molecular weight is 534 g/mol. The summed E-state index contributed by atoms with van der Waals surface area (Å²) in [5, 5.41) is 13.4. The van der Waals surface area contributed by atoms with Crippen molar-refractivity contribution >= 4 is 33.4 Å². The zero-order valence-electron chi connectivity index (χ0n) is 19.8. The normalized spacial score (nSPS) is 15.8. The number of aliphatic hydroxyl groups excluding tert-OH is 1. The average Bonchev–Trinajstić information content (AvgIpc) is 3.36. The molecule has 0 bridgehead atoms. The van der Waals surface area contributed by atoms with E-state index >= 15 is 0 Å². The van der Waals surface area contributed by atoms with Crippen molar-refractivity contribution in [3.8, 4) is 5.75 Å². The van der Waals surface area contributed by atoms with Crippen molar-refractivity contribution in [2.75, 3.05) is 30.5 Å². The van der Waals surface area contributed by atoms with Gasteiger partial charge in [0.25, 0.3) is 0 Å². The summed E-state index contributed by atoms with van der Waals surface area (Å²) in [7, 11) is -2.20. The number of nitrogens with one attached hydrogen (secondary N) is 2. The summed E-state index contributed by atoms with van der Waals surface area (Å²) < 4.78 is 33.4. The lowest BCUT2D eigenvalue weighted by molar-refractivity contribution is 0.265. The summed E-state index contributed by atoms with van der Waals surface area (Å²) in [5.41, 5.74) is 1.27. The number of hydrogen-bond donors (Lipinski definition) is 3. The van der Waals surface area contributed by atoms with Gasteiger partial charge in [0.2, 0.25) is 16.0 Å². The first-order valence-corrected chi connectivity index (χ1v) is 13.4. The van der Waals surface area contributed by atoms with Crippen LogP contribution < -0.4 is 19.7 Å². The quantitative estimate of drug-likeness (QED) is 0.335. The standard InChI is InChI=1S/C23H28ClN7O4S/c1-35-20-6-5-16(10-19(20)24)11-27-22-17(12-28-23(30-22)31-9-2-4-18(31)14-32)15-36(33,34)29-13-21-25-7-3-8-26-21/h3,5-8,10,12,18,29,32H,2,4,9,11,13-15H2,1H3,(H,27,28,30). The van der Waals surface area contributed by atoms with E-state index in [4.69, 9.17) is 16.3 Å². The lowest BCUT2D eigenvalue weighted by Gasteiger charge is -2.24. The van der Waals surface area contributed by atoms with Crippen molar-refractivity contribution in [1.82, 2.24) is 24.7 Å². The Labute approximate surface area is 215 Å². The molecule has 1 fully saturated rings. The predicted octanol–water partition coefficient (Wildman–Crippen LogP) is 2.12. The summed E-state index contributed by atoms with van der Waals surface area (Å²) in [6.07, 6.45) is 6.37. The molecular weight excluding hydrogens is 506 g/mol.